The molecule has 0 unspecified atom stereocenters. The summed E-state index contributed by atoms with van der Waals surface area (Å²) < 4.78 is 25.8. The van der Waals surface area contributed by atoms with E-state index in [9.17, 15) is 8.42 Å². The molecule has 4 nitrogen and oxygen atoms in total. The molecule has 0 amide bonds. The van der Waals surface area contributed by atoms with Crippen molar-refractivity contribution >= 4 is 10.0 Å². The van der Waals surface area contributed by atoms with Crippen molar-refractivity contribution in [2.75, 3.05) is 6.54 Å². The van der Waals surface area contributed by atoms with Gasteiger partial charge in [-0.3, -0.25) is 0 Å². The predicted molar refractivity (Wildman–Crippen MR) is 60.0 cm³/mol. The molecule has 0 fully saturated rings. The van der Waals surface area contributed by atoms with E-state index in [1.807, 2.05) is 6.92 Å². The van der Waals surface area contributed by atoms with E-state index in [4.69, 9.17) is 5.73 Å². The Bertz CT molecular complexity index is 410. The highest BCUT2D eigenvalue weighted by Gasteiger charge is 2.13. The maximum absolute atomic E-state index is 11.7. The first-order chi connectivity index (χ1) is 6.92. The molecule has 1 rings (SSSR count). The number of sulfonamides is 1. The average Bonchev–Trinajstić information content (AvgIpc) is 2.16. The zero-order valence-electron chi connectivity index (χ0n) is 8.90. The van der Waals surface area contributed by atoms with Crippen LogP contribution < -0.4 is 10.5 Å². The van der Waals surface area contributed by atoms with Crippen LogP contribution in [0.2, 0.25) is 0 Å². The SMILES string of the molecule is Cc1ccc(S(=O)(=O)NC[C@@H](C)N)cc1. The third kappa shape index (κ3) is 3.62. The summed E-state index contributed by atoms with van der Waals surface area (Å²) in [6, 6.07) is 6.50. The molecule has 0 aliphatic rings. The van der Waals surface area contributed by atoms with Gasteiger partial charge in [-0.05, 0) is 26.0 Å². The Balaban J connectivity index is 2.82. The number of nitrogens with two attached hydrogens (primary N) is 1. The fourth-order valence-electron chi connectivity index (χ4n) is 1.04. The van der Waals surface area contributed by atoms with Gasteiger partial charge in [-0.25, -0.2) is 13.1 Å². The highest BCUT2D eigenvalue weighted by Crippen LogP contribution is 2.09. The third-order valence-corrected chi connectivity index (χ3v) is 3.37. The lowest BCUT2D eigenvalue weighted by atomic mass is 10.2. The Morgan fingerprint density at radius 2 is 1.87 bits per heavy atom. The van der Waals surface area contributed by atoms with Gasteiger partial charge in [-0.1, -0.05) is 17.7 Å². The van der Waals surface area contributed by atoms with Crippen LogP contribution in [0.1, 0.15) is 12.5 Å². The molecule has 15 heavy (non-hydrogen) atoms. The molecular weight excluding hydrogens is 212 g/mol. The highest BCUT2D eigenvalue weighted by molar-refractivity contribution is 7.89. The van der Waals surface area contributed by atoms with E-state index in [0.717, 1.165) is 5.56 Å². The Labute approximate surface area is 90.5 Å². The van der Waals surface area contributed by atoms with Gasteiger partial charge in [0.05, 0.1) is 4.90 Å². The lowest BCUT2D eigenvalue weighted by molar-refractivity contribution is 0.574. The minimum absolute atomic E-state index is 0.190. The quantitative estimate of drug-likeness (QED) is 0.793. The lowest BCUT2D eigenvalue weighted by Gasteiger charge is -2.08. The van der Waals surface area contributed by atoms with Crippen LogP contribution in [-0.4, -0.2) is 21.0 Å². The molecule has 0 saturated heterocycles. The van der Waals surface area contributed by atoms with Crippen LogP contribution in [0.25, 0.3) is 0 Å². The van der Waals surface area contributed by atoms with Crippen molar-refractivity contribution in [3.8, 4) is 0 Å². The molecule has 84 valence electrons. The average molecular weight is 228 g/mol. The van der Waals surface area contributed by atoms with Crippen molar-refractivity contribution in [3.05, 3.63) is 29.8 Å². The topological polar surface area (TPSA) is 72.2 Å². The Kier molecular flexibility index (Phi) is 3.84. The van der Waals surface area contributed by atoms with Gasteiger partial charge in [0.15, 0.2) is 0 Å². The van der Waals surface area contributed by atoms with Gasteiger partial charge in [0.1, 0.15) is 0 Å². The zero-order chi connectivity index (χ0) is 11.5. The summed E-state index contributed by atoms with van der Waals surface area (Å²) in [5.41, 5.74) is 6.50. The van der Waals surface area contributed by atoms with E-state index >= 15 is 0 Å². The molecule has 5 heteroatoms. The normalized spacial score (nSPS) is 13.8. The largest absolute Gasteiger partial charge is 0.327 e. The second-order valence-corrected chi connectivity index (χ2v) is 5.41. The molecule has 0 heterocycles. The van der Waals surface area contributed by atoms with Gasteiger partial charge in [-0.2, -0.15) is 0 Å². The van der Waals surface area contributed by atoms with Crippen LogP contribution in [-0.2, 0) is 10.0 Å². The summed E-state index contributed by atoms with van der Waals surface area (Å²) in [7, 11) is -3.40. The molecule has 0 spiro atoms. The molecule has 0 bridgehead atoms. The van der Waals surface area contributed by atoms with E-state index < -0.39 is 10.0 Å². The first-order valence-corrected chi connectivity index (χ1v) is 6.22. The summed E-state index contributed by atoms with van der Waals surface area (Å²) in [5, 5.41) is 0. The molecule has 1 atom stereocenters. The van der Waals surface area contributed by atoms with Crippen molar-refractivity contribution in [1.29, 1.82) is 0 Å². The van der Waals surface area contributed by atoms with Crippen LogP contribution in [0.4, 0.5) is 0 Å². The Hall–Kier alpha value is -0.910. The number of aryl methyl sites for hydroxylation is 1. The fraction of sp³-hybridized carbons (Fsp3) is 0.400. The Morgan fingerprint density at radius 3 is 2.33 bits per heavy atom. The van der Waals surface area contributed by atoms with Crippen LogP contribution in [0.15, 0.2) is 29.2 Å². The van der Waals surface area contributed by atoms with Gasteiger partial charge < -0.3 is 5.73 Å². The highest BCUT2D eigenvalue weighted by atomic mass is 32.2. The van der Waals surface area contributed by atoms with Crippen LogP contribution >= 0.6 is 0 Å². The standard InChI is InChI=1S/C10H16N2O2S/c1-8-3-5-10(6-4-8)15(13,14)12-7-9(2)11/h3-6,9,12H,7,11H2,1-2H3/t9-/m1/s1. The molecule has 0 saturated carbocycles. The predicted octanol–water partition coefficient (Wildman–Crippen LogP) is 0.621. The van der Waals surface area contributed by atoms with Gasteiger partial charge in [0.2, 0.25) is 10.0 Å². The molecule has 0 aromatic heterocycles. The maximum Gasteiger partial charge on any atom is 0.240 e. The van der Waals surface area contributed by atoms with Crippen LogP contribution in [0, 0.1) is 6.92 Å². The molecule has 3 N–H and O–H groups in total. The molecule has 0 aliphatic heterocycles. The number of rotatable bonds is 4. The van der Waals surface area contributed by atoms with Crippen molar-refractivity contribution in [2.45, 2.75) is 24.8 Å². The molecule has 0 aliphatic carbocycles. The van der Waals surface area contributed by atoms with E-state index in [0.29, 0.717) is 0 Å². The van der Waals surface area contributed by atoms with Crippen molar-refractivity contribution in [1.82, 2.24) is 4.72 Å². The van der Waals surface area contributed by atoms with Crippen LogP contribution in [0.3, 0.4) is 0 Å². The smallest absolute Gasteiger partial charge is 0.240 e. The molecular formula is C10H16N2O2S. The minimum atomic E-state index is -3.40. The summed E-state index contributed by atoms with van der Waals surface area (Å²) in [6.45, 7) is 3.90. The molecule has 0 radical (unpaired) electrons. The van der Waals surface area contributed by atoms with E-state index in [2.05, 4.69) is 4.72 Å². The van der Waals surface area contributed by atoms with E-state index in [-0.39, 0.29) is 17.5 Å². The van der Waals surface area contributed by atoms with Crippen molar-refractivity contribution in [3.63, 3.8) is 0 Å². The number of benzene rings is 1. The van der Waals surface area contributed by atoms with Crippen molar-refractivity contribution < 1.29 is 8.42 Å². The number of nitrogens with one attached hydrogen (secondary N) is 1. The second-order valence-electron chi connectivity index (χ2n) is 3.64. The minimum Gasteiger partial charge on any atom is -0.327 e. The first-order valence-electron chi connectivity index (χ1n) is 4.74. The van der Waals surface area contributed by atoms with Gasteiger partial charge in [0.25, 0.3) is 0 Å². The van der Waals surface area contributed by atoms with Crippen LogP contribution in [0.5, 0.6) is 0 Å². The Morgan fingerprint density at radius 1 is 1.33 bits per heavy atom. The summed E-state index contributed by atoms with van der Waals surface area (Å²) in [5.74, 6) is 0. The van der Waals surface area contributed by atoms with Gasteiger partial charge in [-0.15, -0.1) is 0 Å². The lowest BCUT2D eigenvalue weighted by Crippen LogP contribution is -2.35. The second kappa shape index (κ2) is 4.74. The van der Waals surface area contributed by atoms with E-state index in [1.165, 1.54) is 0 Å². The summed E-state index contributed by atoms with van der Waals surface area (Å²) in [6.07, 6.45) is 0. The maximum atomic E-state index is 11.7. The number of hydrogen-bond donors (Lipinski definition) is 2. The fourth-order valence-corrected chi connectivity index (χ4v) is 2.19. The molecule has 1 aromatic rings. The van der Waals surface area contributed by atoms with Gasteiger partial charge >= 0.3 is 0 Å². The van der Waals surface area contributed by atoms with Gasteiger partial charge in [0, 0.05) is 12.6 Å². The summed E-state index contributed by atoms with van der Waals surface area (Å²) >= 11 is 0. The monoisotopic (exact) mass is 228 g/mol. The first kappa shape index (κ1) is 12.2. The summed E-state index contributed by atoms with van der Waals surface area (Å²) in [4.78, 5) is 0.272. The number of hydrogen-bond acceptors (Lipinski definition) is 3. The van der Waals surface area contributed by atoms with E-state index in [1.54, 1.807) is 31.2 Å². The van der Waals surface area contributed by atoms with Crippen molar-refractivity contribution in [2.24, 2.45) is 5.73 Å². The third-order valence-electron chi connectivity index (χ3n) is 1.93. The molecule has 1 aromatic carbocycles. The zero-order valence-corrected chi connectivity index (χ0v) is 9.71.